The van der Waals surface area contributed by atoms with Crippen molar-refractivity contribution in [2.75, 3.05) is 5.73 Å². The number of hydrogen-bond acceptors (Lipinski definition) is 5. The van der Waals surface area contributed by atoms with Crippen molar-refractivity contribution in [1.82, 2.24) is 9.36 Å². The first-order valence-electron chi connectivity index (χ1n) is 6.39. The van der Waals surface area contributed by atoms with Crippen LogP contribution in [0.2, 0.25) is 0 Å². The largest absolute Gasteiger partial charge is 0.506 e. The van der Waals surface area contributed by atoms with Gasteiger partial charge in [0.05, 0.1) is 0 Å². The SMILES string of the molecule is Nc1c(/N=C2\C=CC(=O)C=C2O)c(=O)n2n1CCCC2. The monoisotopic (exact) mass is 274 g/mol. The minimum atomic E-state index is -0.317. The Balaban J connectivity index is 2.11. The molecule has 1 aromatic rings. The van der Waals surface area contributed by atoms with Crippen LogP contribution in [0.5, 0.6) is 0 Å². The van der Waals surface area contributed by atoms with Crippen LogP contribution in [0.15, 0.2) is 33.8 Å². The molecule has 1 aliphatic heterocycles. The first kappa shape index (κ1) is 12.5. The van der Waals surface area contributed by atoms with E-state index in [0.717, 1.165) is 18.9 Å². The number of ketones is 1. The quantitative estimate of drug-likeness (QED) is 0.735. The molecule has 0 spiro atoms. The van der Waals surface area contributed by atoms with Gasteiger partial charge in [-0.2, -0.15) is 0 Å². The summed E-state index contributed by atoms with van der Waals surface area (Å²) < 4.78 is 3.28. The van der Waals surface area contributed by atoms with Crippen LogP contribution in [0.25, 0.3) is 0 Å². The van der Waals surface area contributed by atoms with E-state index in [2.05, 4.69) is 4.99 Å². The van der Waals surface area contributed by atoms with Gasteiger partial charge in [0, 0.05) is 19.2 Å². The van der Waals surface area contributed by atoms with Gasteiger partial charge < -0.3 is 10.8 Å². The lowest BCUT2D eigenvalue weighted by Gasteiger charge is -2.17. The van der Waals surface area contributed by atoms with E-state index in [-0.39, 0.29) is 28.5 Å². The summed E-state index contributed by atoms with van der Waals surface area (Å²) in [5.74, 6) is -0.284. The number of carbonyl (C=O) groups is 1. The minimum absolute atomic E-state index is 0.112. The molecular weight excluding hydrogens is 260 g/mol. The second-order valence-corrected chi connectivity index (χ2v) is 4.75. The van der Waals surface area contributed by atoms with E-state index >= 15 is 0 Å². The lowest BCUT2D eigenvalue weighted by Crippen LogP contribution is -2.27. The van der Waals surface area contributed by atoms with E-state index in [1.54, 1.807) is 9.36 Å². The maximum atomic E-state index is 12.2. The summed E-state index contributed by atoms with van der Waals surface area (Å²) in [5.41, 5.74) is 5.96. The molecule has 7 nitrogen and oxygen atoms in total. The first-order chi connectivity index (χ1) is 9.58. The molecular formula is C13H14N4O3. The first-order valence-corrected chi connectivity index (χ1v) is 6.39. The average molecular weight is 274 g/mol. The number of anilines is 1. The molecule has 0 bridgehead atoms. The number of carbonyl (C=O) groups excluding carboxylic acids is 1. The number of aliphatic hydroxyl groups excluding tert-OH is 1. The van der Waals surface area contributed by atoms with Crippen molar-refractivity contribution >= 4 is 23.0 Å². The van der Waals surface area contributed by atoms with Crippen LogP contribution in [0.4, 0.5) is 11.5 Å². The minimum Gasteiger partial charge on any atom is -0.506 e. The molecule has 2 heterocycles. The predicted octanol–water partition coefficient (Wildman–Crippen LogP) is 0.679. The number of aliphatic imine (C=N–C) groups is 1. The highest BCUT2D eigenvalue weighted by molar-refractivity contribution is 6.19. The zero-order valence-electron chi connectivity index (χ0n) is 10.7. The Bertz CT molecular complexity index is 734. The van der Waals surface area contributed by atoms with E-state index in [1.165, 1.54) is 12.2 Å². The maximum absolute atomic E-state index is 12.2. The molecule has 0 unspecified atom stereocenters. The summed E-state index contributed by atoms with van der Waals surface area (Å²) in [5, 5.41) is 9.69. The van der Waals surface area contributed by atoms with E-state index in [0.29, 0.717) is 18.9 Å². The molecule has 3 rings (SSSR count). The predicted molar refractivity (Wildman–Crippen MR) is 74.3 cm³/mol. The number of hydrogen-bond donors (Lipinski definition) is 2. The smallest absolute Gasteiger partial charge is 0.294 e. The van der Waals surface area contributed by atoms with E-state index in [9.17, 15) is 14.7 Å². The number of nitrogens with zero attached hydrogens (tertiary/aromatic N) is 3. The van der Waals surface area contributed by atoms with Gasteiger partial charge in [0.1, 0.15) is 11.5 Å². The Morgan fingerprint density at radius 2 is 1.85 bits per heavy atom. The lowest BCUT2D eigenvalue weighted by molar-refractivity contribution is -0.110. The lowest BCUT2D eigenvalue weighted by atomic mass is 10.1. The molecule has 0 amide bonds. The summed E-state index contributed by atoms with van der Waals surface area (Å²) in [6.07, 6.45) is 5.61. The molecule has 0 saturated carbocycles. The van der Waals surface area contributed by atoms with Crippen molar-refractivity contribution in [3.05, 3.63) is 34.3 Å². The fourth-order valence-corrected chi connectivity index (χ4v) is 2.40. The maximum Gasteiger partial charge on any atom is 0.294 e. The van der Waals surface area contributed by atoms with Crippen LogP contribution < -0.4 is 11.3 Å². The molecule has 104 valence electrons. The van der Waals surface area contributed by atoms with Gasteiger partial charge in [0.15, 0.2) is 17.3 Å². The van der Waals surface area contributed by atoms with Gasteiger partial charge in [-0.3, -0.25) is 14.3 Å². The van der Waals surface area contributed by atoms with Gasteiger partial charge in [-0.25, -0.2) is 9.67 Å². The van der Waals surface area contributed by atoms with Gasteiger partial charge in [-0.05, 0) is 25.0 Å². The van der Waals surface area contributed by atoms with Crippen molar-refractivity contribution in [3.8, 4) is 0 Å². The van der Waals surface area contributed by atoms with Crippen molar-refractivity contribution in [2.24, 2.45) is 4.99 Å². The Morgan fingerprint density at radius 3 is 2.50 bits per heavy atom. The number of nitrogen functional groups attached to an aromatic ring is 1. The third kappa shape index (κ3) is 1.87. The third-order valence-electron chi connectivity index (χ3n) is 3.42. The highest BCUT2D eigenvalue weighted by Gasteiger charge is 2.21. The Morgan fingerprint density at radius 1 is 1.15 bits per heavy atom. The van der Waals surface area contributed by atoms with Crippen molar-refractivity contribution in [2.45, 2.75) is 25.9 Å². The summed E-state index contributed by atoms with van der Waals surface area (Å²) in [4.78, 5) is 27.5. The molecule has 0 aromatic carbocycles. The Hall–Kier alpha value is -2.57. The van der Waals surface area contributed by atoms with Gasteiger partial charge in [-0.1, -0.05) is 0 Å². The topological polar surface area (TPSA) is 103 Å². The molecule has 0 atom stereocenters. The van der Waals surface area contributed by atoms with Gasteiger partial charge in [-0.15, -0.1) is 0 Å². The van der Waals surface area contributed by atoms with Crippen molar-refractivity contribution < 1.29 is 9.90 Å². The third-order valence-corrected chi connectivity index (χ3v) is 3.42. The van der Waals surface area contributed by atoms with E-state index < -0.39 is 0 Å². The Kier molecular flexibility index (Phi) is 2.81. The van der Waals surface area contributed by atoms with Crippen LogP contribution >= 0.6 is 0 Å². The molecule has 0 fully saturated rings. The number of nitrogens with two attached hydrogens (primary N) is 1. The molecule has 2 aliphatic rings. The summed E-state index contributed by atoms with van der Waals surface area (Å²) in [6.45, 7) is 1.30. The molecule has 20 heavy (non-hydrogen) atoms. The second kappa shape index (κ2) is 4.52. The van der Waals surface area contributed by atoms with E-state index in [4.69, 9.17) is 5.73 Å². The zero-order valence-corrected chi connectivity index (χ0v) is 10.7. The van der Waals surface area contributed by atoms with Crippen molar-refractivity contribution in [3.63, 3.8) is 0 Å². The summed E-state index contributed by atoms with van der Waals surface area (Å²) in [7, 11) is 0. The van der Waals surface area contributed by atoms with Gasteiger partial charge in [0.25, 0.3) is 5.56 Å². The number of fused-ring (bicyclic) bond motifs is 1. The van der Waals surface area contributed by atoms with Crippen LogP contribution in [0.3, 0.4) is 0 Å². The van der Waals surface area contributed by atoms with Gasteiger partial charge in [0.2, 0.25) is 0 Å². The van der Waals surface area contributed by atoms with Crippen LogP contribution in [-0.2, 0) is 17.9 Å². The highest BCUT2D eigenvalue weighted by Crippen LogP contribution is 2.23. The number of allylic oxidation sites excluding steroid dienone is 3. The fraction of sp³-hybridized carbons (Fsp3) is 0.308. The highest BCUT2D eigenvalue weighted by atomic mass is 16.3. The van der Waals surface area contributed by atoms with E-state index in [1.807, 2.05) is 0 Å². The molecule has 1 aromatic heterocycles. The molecule has 1 aliphatic carbocycles. The zero-order chi connectivity index (χ0) is 14.3. The molecule has 0 radical (unpaired) electrons. The van der Waals surface area contributed by atoms with Crippen molar-refractivity contribution in [1.29, 1.82) is 0 Å². The van der Waals surface area contributed by atoms with Crippen LogP contribution in [-0.4, -0.2) is 26.0 Å². The molecule has 3 N–H and O–H groups in total. The normalized spacial score (nSPS) is 20.1. The summed E-state index contributed by atoms with van der Waals surface area (Å²) in [6, 6.07) is 0. The van der Waals surface area contributed by atoms with Crippen LogP contribution in [0, 0.1) is 0 Å². The standard InChI is InChI=1S/C13H14N4O3/c14-12-11(13(20)17-6-2-1-5-16(12)17)15-9-4-3-8(18)7-10(9)19/h3-4,7,19H,1-2,5-6,14H2/b15-9+. The summed E-state index contributed by atoms with van der Waals surface area (Å²) >= 11 is 0. The number of aliphatic hydroxyl groups is 1. The van der Waals surface area contributed by atoms with Gasteiger partial charge >= 0.3 is 0 Å². The molecule has 7 heteroatoms. The number of rotatable bonds is 1. The second-order valence-electron chi connectivity index (χ2n) is 4.75. The molecule has 0 saturated heterocycles. The Labute approximate surface area is 114 Å². The average Bonchev–Trinajstić information content (AvgIpc) is 2.67. The van der Waals surface area contributed by atoms with Crippen LogP contribution in [0.1, 0.15) is 12.8 Å². The fourth-order valence-electron chi connectivity index (χ4n) is 2.40. The number of aromatic nitrogens is 2.